The van der Waals surface area contributed by atoms with Gasteiger partial charge in [-0.05, 0) is 43.5 Å². The number of aryl methyl sites for hydroxylation is 1. The maximum Gasteiger partial charge on any atom is 0.280 e. The molecule has 2 aromatic rings. The van der Waals surface area contributed by atoms with Crippen molar-refractivity contribution in [3.8, 4) is 5.69 Å². The van der Waals surface area contributed by atoms with Crippen LogP contribution in [0.3, 0.4) is 0 Å². The number of nitrogens with zero attached hydrogens (tertiary/aromatic N) is 2. The number of rotatable bonds is 6. The number of aromatic amines is 1. The van der Waals surface area contributed by atoms with E-state index in [0.29, 0.717) is 17.8 Å². The van der Waals surface area contributed by atoms with Gasteiger partial charge in [0.15, 0.2) is 0 Å². The molecule has 24 heavy (non-hydrogen) atoms. The molecule has 0 spiro atoms. The number of aromatic nitrogens is 2. The lowest BCUT2D eigenvalue weighted by molar-refractivity contribution is 0.118. The second kappa shape index (κ2) is 7.57. The van der Waals surface area contributed by atoms with Crippen molar-refractivity contribution in [1.29, 1.82) is 0 Å². The average Bonchev–Trinajstić information content (AvgIpc) is 3.19. The predicted molar refractivity (Wildman–Crippen MR) is 91.8 cm³/mol. The first-order valence-electron chi connectivity index (χ1n) is 8.40. The molecule has 0 radical (unpaired) electrons. The SMILES string of the molecule is CCCc1[nH]n(-c2ccc(F)cc2)c(=O)c1C=NC[C@@H]1CCCO1. The van der Waals surface area contributed by atoms with E-state index in [9.17, 15) is 9.18 Å². The van der Waals surface area contributed by atoms with Gasteiger partial charge in [0.25, 0.3) is 5.56 Å². The summed E-state index contributed by atoms with van der Waals surface area (Å²) in [7, 11) is 0. The third-order valence-corrected chi connectivity index (χ3v) is 4.14. The minimum absolute atomic E-state index is 0.161. The summed E-state index contributed by atoms with van der Waals surface area (Å²) in [6, 6.07) is 5.84. The summed E-state index contributed by atoms with van der Waals surface area (Å²) >= 11 is 0. The van der Waals surface area contributed by atoms with Gasteiger partial charge in [-0.15, -0.1) is 0 Å². The van der Waals surface area contributed by atoms with Crippen LogP contribution < -0.4 is 5.56 Å². The Bertz CT molecular complexity index is 756. The van der Waals surface area contributed by atoms with Crippen LogP contribution in [0.25, 0.3) is 5.69 Å². The molecular formula is C18H22FN3O2. The Balaban J connectivity index is 1.87. The Hall–Kier alpha value is -2.21. The molecule has 128 valence electrons. The highest BCUT2D eigenvalue weighted by molar-refractivity contribution is 5.80. The third-order valence-electron chi connectivity index (χ3n) is 4.14. The van der Waals surface area contributed by atoms with Gasteiger partial charge in [0.2, 0.25) is 0 Å². The van der Waals surface area contributed by atoms with Crippen LogP contribution in [-0.4, -0.2) is 35.3 Å². The highest BCUT2D eigenvalue weighted by Gasteiger charge is 2.16. The topological polar surface area (TPSA) is 59.4 Å². The first-order chi connectivity index (χ1) is 11.7. The Kier molecular flexibility index (Phi) is 5.25. The maximum atomic E-state index is 13.1. The molecule has 1 aromatic heterocycles. The van der Waals surface area contributed by atoms with Crippen LogP contribution >= 0.6 is 0 Å². The fourth-order valence-electron chi connectivity index (χ4n) is 2.89. The first kappa shape index (κ1) is 16.6. The van der Waals surface area contributed by atoms with Crippen molar-refractivity contribution in [2.75, 3.05) is 13.2 Å². The number of H-pyrrole nitrogens is 1. The summed E-state index contributed by atoms with van der Waals surface area (Å²) in [5.74, 6) is -0.328. The lowest BCUT2D eigenvalue weighted by Gasteiger charge is -2.03. The zero-order valence-electron chi connectivity index (χ0n) is 13.8. The van der Waals surface area contributed by atoms with Gasteiger partial charge in [0.05, 0.1) is 23.9 Å². The fraction of sp³-hybridized carbons (Fsp3) is 0.444. The molecule has 0 unspecified atom stereocenters. The van der Waals surface area contributed by atoms with Gasteiger partial charge in [-0.1, -0.05) is 13.3 Å². The molecule has 5 nitrogen and oxygen atoms in total. The first-order valence-corrected chi connectivity index (χ1v) is 8.40. The fourth-order valence-corrected chi connectivity index (χ4v) is 2.89. The van der Waals surface area contributed by atoms with E-state index in [1.54, 1.807) is 18.3 Å². The van der Waals surface area contributed by atoms with Gasteiger partial charge in [-0.25, -0.2) is 9.07 Å². The number of nitrogens with one attached hydrogen (secondary N) is 1. The van der Waals surface area contributed by atoms with E-state index in [4.69, 9.17) is 4.74 Å². The van der Waals surface area contributed by atoms with Crippen molar-refractivity contribution in [1.82, 2.24) is 9.78 Å². The number of hydrogen-bond donors (Lipinski definition) is 1. The van der Waals surface area contributed by atoms with Crippen LogP contribution in [0.5, 0.6) is 0 Å². The van der Waals surface area contributed by atoms with E-state index < -0.39 is 0 Å². The van der Waals surface area contributed by atoms with Gasteiger partial charge in [-0.3, -0.25) is 14.9 Å². The second-order valence-corrected chi connectivity index (χ2v) is 6.00. The summed E-state index contributed by atoms with van der Waals surface area (Å²) in [6.45, 7) is 3.43. The Morgan fingerprint density at radius 3 is 2.88 bits per heavy atom. The quantitative estimate of drug-likeness (QED) is 0.828. The number of aliphatic imine (C=N–C) groups is 1. The predicted octanol–water partition coefficient (Wildman–Crippen LogP) is 2.86. The van der Waals surface area contributed by atoms with Crippen LogP contribution in [0.1, 0.15) is 37.4 Å². The smallest absolute Gasteiger partial charge is 0.280 e. The van der Waals surface area contributed by atoms with Crippen molar-refractivity contribution in [2.24, 2.45) is 4.99 Å². The van der Waals surface area contributed by atoms with Gasteiger partial charge < -0.3 is 4.74 Å². The standard InChI is InChI=1S/C18H22FN3O2/c1-2-4-17-16(12-20-11-15-5-3-10-24-15)18(23)22(21-17)14-8-6-13(19)7-9-14/h6-9,12,15,21H,2-5,10-11H2,1H3/t15-/m0/s1. The molecule has 3 rings (SSSR count). The van der Waals surface area contributed by atoms with Gasteiger partial charge >= 0.3 is 0 Å². The molecule has 1 aliphatic rings. The molecule has 1 saturated heterocycles. The van der Waals surface area contributed by atoms with Crippen LogP contribution in [0.2, 0.25) is 0 Å². The molecule has 6 heteroatoms. The van der Waals surface area contributed by atoms with Crippen LogP contribution in [0.15, 0.2) is 34.1 Å². The van der Waals surface area contributed by atoms with Crippen LogP contribution in [0.4, 0.5) is 4.39 Å². The van der Waals surface area contributed by atoms with Gasteiger partial charge in [0, 0.05) is 18.5 Å². The van der Waals surface area contributed by atoms with Crippen molar-refractivity contribution in [3.05, 3.63) is 51.7 Å². The van der Waals surface area contributed by atoms with Gasteiger partial charge in [-0.2, -0.15) is 0 Å². The minimum Gasteiger partial charge on any atom is -0.376 e. The van der Waals surface area contributed by atoms with Crippen molar-refractivity contribution in [2.45, 2.75) is 38.7 Å². The molecule has 1 fully saturated rings. The Morgan fingerprint density at radius 1 is 1.42 bits per heavy atom. The molecule has 0 aliphatic carbocycles. The van der Waals surface area contributed by atoms with Gasteiger partial charge in [0.1, 0.15) is 5.82 Å². The monoisotopic (exact) mass is 331 g/mol. The summed E-state index contributed by atoms with van der Waals surface area (Å²) < 4.78 is 20.1. The zero-order valence-corrected chi connectivity index (χ0v) is 13.8. The van der Waals surface area contributed by atoms with Crippen molar-refractivity contribution >= 4 is 6.21 Å². The molecule has 0 saturated carbocycles. The number of halogens is 1. The Morgan fingerprint density at radius 2 is 2.21 bits per heavy atom. The van der Waals surface area contributed by atoms with E-state index in [2.05, 4.69) is 17.0 Å². The Labute approximate surface area is 140 Å². The summed E-state index contributed by atoms with van der Waals surface area (Å²) in [5, 5.41) is 3.12. The molecule has 1 aliphatic heterocycles. The highest BCUT2D eigenvalue weighted by atomic mass is 19.1. The molecule has 0 bridgehead atoms. The van der Waals surface area contributed by atoms with Crippen molar-refractivity contribution in [3.63, 3.8) is 0 Å². The lowest BCUT2D eigenvalue weighted by atomic mass is 10.2. The molecule has 1 atom stereocenters. The highest BCUT2D eigenvalue weighted by Crippen LogP contribution is 2.13. The summed E-state index contributed by atoms with van der Waals surface area (Å²) in [6.07, 6.45) is 5.57. The second-order valence-electron chi connectivity index (χ2n) is 6.00. The average molecular weight is 331 g/mol. The van der Waals surface area contributed by atoms with E-state index in [0.717, 1.165) is 38.0 Å². The molecule has 1 aromatic carbocycles. The van der Waals surface area contributed by atoms with Crippen molar-refractivity contribution < 1.29 is 9.13 Å². The third kappa shape index (κ3) is 3.64. The zero-order chi connectivity index (χ0) is 16.9. The summed E-state index contributed by atoms with van der Waals surface area (Å²) in [4.78, 5) is 17.1. The maximum absolute atomic E-state index is 13.1. The molecular weight excluding hydrogens is 309 g/mol. The van der Waals surface area contributed by atoms with Crippen LogP contribution in [0, 0.1) is 5.82 Å². The van der Waals surface area contributed by atoms with Crippen LogP contribution in [-0.2, 0) is 11.2 Å². The molecule has 0 amide bonds. The summed E-state index contributed by atoms with van der Waals surface area (Å²) in [5.41, 5.74) is 1.86. The molecule has 1 N–H and O–H groups in total. The molecule has 2 heterocycles. The minimum atomic E-state index is -0.328. The van der Waals surface area contributed by atoms with E-state index in [1.165, 1.54) is 16.8 Å². The normalized spacial score (nSPS) is 17.8. The van der Waals surface area contributed by atoms with E-state index in [-0.39, 0.29) is 17.5 Å². The number of ether oxygens (including phenoxy) is 1. The van der Waals surface area contributed by atoms with E-state index >= 15 is 0 Å². The number of benzene rings is 1. The number of hydrogen-bond acceptors (Lipinski definition) is 3. The largest absolute Gasteiger partial charge is 0.376 e. The van der Waals surface area contributed by atoms with E-state index in [1.807, 2.05) is 0 Å². The lowest BCUT2D eigenvalue weighted by Crippen LogP contribution is -2.17.